The summed E-state index contributed by atoms with van der Waals surface area (Å²) in [7, 11) is 0.468. The van der Waals surface area contributed by atoms with E-state index in [1.165, 1.54) is 12.3 Å². The van der Waals surface area contributed by atoms with E-state index >= 15 is 0 Å². The summed E-state index contributed by atoms with van der Waals surface area (Å²) < 4.78 is 0. The van der Waals surface area contributed by atoms with Crippen LogP contribution in [0.3, 0.4) is 0 Å². The molecular weight excluding hydrogens is 192 g/mol. The molecule has 0 spiro atoms. The van der Waals surface area contributed by atoms with Crippen LogP contribution in [0, 0.1) is 0 Å². The van der Waals surface area contributed by atoms with Crippen LogP contribution in [0.15, 0.2) is 0 Å². The Morgan fingerprint density at radius 2 is 1.23 bits per heavy atom. The van der Waals surface area contributed by atoms with Crippen LogP contribution < -0.4 is 10.6 Å². The van der Waals surface area contributed by atoms with E-state index in [1.54, 1.807) is 5.67 Å². The topological polar surface area (TPSA) is 24.1 Å². The Kier molecular flexibility index (Phi) is 9.17. The standard InChI is InChI=1S/C9H26N2Si2/c1-8(2)10-5-12-7-13-6-11-9(3)4/h8-11H,5-7,12-13H2,1-4H3. The van der Waals surface area contributed by atoms with E-state index in [2.05, 4.69) is 38.3 Å². The van der Waals surface area contributed by atoms with Crippen LogP contribution in [0.2, 0.25) is 5.67 Å². The minimum Gasteiger partial charge on any atom is -0.318 e. The summed E-state index contributed by atoms with van der Waals surface area (Å²) in [6.45, 7) is 8.91. The lowest BCUT2D eigenvalue weighted by Gasteiger charge is -2.08. The van der Waals surface area contributed by atoms with Crippen LogP contribution in [0.5, 0.6) is 0 Å². The highest BCUT2D eigenvalue weighted by molar-refractivity contribution is 6.56. The predicted octanol–water partition coefficient (Wildman–Crippen LogP) is -0.389. The fraction of sp³-hybridized carbons (Fsp3) is 1.00. The van der Waals surface area contributed by atoms with Gasteiger partial charge in [-0.05, 0) is 12.3 Å². The smallest absolute Gasteiger partial charge is 0.0335 e. The lowest BCUT2D eigenvalue weighted by molar-refractivity contribution is 0.647. The van der Waals surface area contributed by atoms with Gasteiger partial charge < -0.3 is 10.6 Å². The Morgan fingerprint density at radius 1 is 0.846 bits per heavy atom. The molecule has 80 valence electrons. The zero-order valence-corrected chi connectivity index (χ0v) is 12.5. The van der Waals surface area contributed by atoms with E-state index in [0.29, 0.717) is 12.1 Å². The van der Waals surface area contributed by atoms with Gasteiger partial charge in [0.15, 0.2) is 0 Å². The van der Waals surface area contributed by atoms with Crippen LogP contribution >= 0.6 is 0 Å². The molecule has 0 radical (unpaired) electrons. The second-order valence-electron chi connectivity index (χ2n) is 4.28. The quantitative estimate of drug-likeness (QED) is 0.428. The van der Waals surface area contributed by atoms with E-state index in [1.807, 2.05) is 0 Å². The number of rotatable bonds is 8. The first-order chi connectivity index (χ1) is 6.13. The molecule has 4 heteroatoms. The van der Waals surface area contributed by atoms with Crippen molar-refractivity contribution in [2.75, 3.05) is 12.3 Å². The molecule has 0 aromatic rings. The molecule has 0 rings (SSSR count). The third-order valence-electron chi connectivity index (χ3n) is 1.96. The first kappa shape index (κ1) is 13.4. The summed E-state index contributed by atoms with van der Waals surface area (Å²) in [5.41, 5.74) is 1.61. The van der Waals surface area contributed by atoms with E-state index in [-0.39, 0.29) is 19.0 Å². The monoisotopic (exact) mass is 218 g/mol. The summed E-state index contributed by atoms with van der Waals surface area (Å²) in [4.78, 5) is 0. The van der Waals surface area contributed by atoms with E-state index < -0.39 is 0 Å². The summed E-state index contributed by atoms with van der Waals surface area (Å²) in [6.07, 6.45) is 2.68. The predicted molar refractivity (Wildman–Crippen MR) is 68.2 cm³/mol. The fourth-order valence-electron chi connectivity index (χ4n) is 1.21. The van der Waals surface area contributed by atoms with Crippen molar-refractivity contribution < 1.29 is 0 Å². The van der Waals surface area contributed by atoms with Gasteiger partial charge in [-0.1, -0.05) is 33.4 Å². The Balaban J connectivity index is 2.92. The van der Waals surface area contributed by atoms with Crippen LogP contribution in [0.25, 0.3) is 0 Å². The highest BCUT2D eigenvalue weighted by atomic mass is 28.3. The molecule has 0 heterocycles. The maximum atomic E-state index is 3.51. The van der Waals surface area contributed by atoms with Gasteiger partial charge in [0.05, 0.1) is 0 Å². The van der Waals surface area contributed by atoms with Crippen molar-refractivity contribution in [2.24, 2.45) is 0 Å². The highest BCUT2D eigenvalue weighted by Gasteiger charge is 1.95. The SMILES string of the molecule is CC(C)NC[SiH2]C[SiH2]CNC(C)C. The van der Waals surface area contributed by atoms with Gasteiger partial charge in [-0.2, -0.15) is 0 Å². The minimum atomic E-state index is 0.234. The van der Waals surface area contributed by atoms with Crippen molar-refractivity contribution in [1.82, 2.24) is 10.6 Å². The number of hydrogen-bond acceptors (Lipinski definition) is 2. The average molecular weight is 218 g/mol. The Morgan fingerprint density at radius 3 is 1.54 bits per heavy atom. The maximum absolute atomic E-state index is 3.51. The molecule has 0 atom stereocenters. The highest BCUT2D eigenvalue weighted by Crippen LogP contribution is 1.79. The van der Waals surface area contributed by atoms with Gasteiger partial charge in [0.2, 0.25) is 0 Å². The van der Waals surface area contributed by atoms with Crippen LogP contribution in [0.1, 0.15) is 27.7 Å². The van der Waals surface area contributed by atoms with Gasteiger partial charge in [-0.15, -0.1) is 0 Å². The van der Waals surface area contributed by atoms with Gasteiger partial charge in [0.25, 0.3) is 0 Å². The maximum Gasteiger partial charge on any atom is 0.0335 e. The zero-order chi connectivity index (χ0) is 10.1. The molecule has 13 heavy (non-hydrogen) atoms. The molecule has 0 fully saturated rings. The molecule has 0 saturated carbocycles. The first-order valence-corrected chi connectivity index (χ1v) is 9.59. The molecule has 0 aromatic carbocycles. The van der Waals surface area contributed by atoms with Gasteiger partial charge in [0, 0.05) is 31.1 Å². The van der Waals surface area contributed by atoms with Gasteiger partial charge >= 0.3 is 0 Å². The zero-order valence-electron chi connectivity index (χ0n) is 9.69. The van der Waals surface area contributed by atoms with Crippen molar-refractivity contribution in [1.29, 1.82) is 0 Å². The average Bonchev–Trinajstić information content (AvgIpc) is 2.01. The van der Waals surface area contributed by atoms with Crippen LogP contribution in [0.4, 0.5) is 0 Å². The fourth-order valence-corrected chi connectivity index (χ4v) is 6.19. The van der Waals surface area contributed by atoms with Crippen molar-refractivity contribution in [3.05, 3.63) is 0 Å². The molecule has 0 aliphatic heterocycles. The minimum absolute atomic E-state index is 0.234. The van der Waals surface area contributed by atoms with Crippen molar-refractivity contribution in [3.8, 4) is 0 Å². The molecule has 0 bridgehead atoms. The number of hydrogen-bond donors (Lipinski definition) is 2. The van der Waals surface area contributed by atoms with Crippen molar-refractivity contribution >= 4 is 19.0 Å². The van der Waals surface area contributed by atoms with Crippen LogP contribution in [-0.2, 0) is 0 Å². The molecule has 0 aliphatic rings. The molecule has 0 amide bonds. The Bertz CT molecular complexity index is 95.8. The van der Waals surface area contributed by atoms with Crippen LogP contribution in [-0.4, -0.2) is 43.5 Å². The third-order valence-corrected chi connectivity index (χ3v) is 7.24. The summed E-state index contributed by atoms with van der Waals surface area (Å²) in [5, 5.41) is 7.02. The van der Waals surface area contributed by atoms with Gasteiger partial charge in [0.1, 0.15) is 0 Å². The molecule has 0 aromatic heterocycles. The molecule has 2 nitrogen and oxygen atoms in total. The van der Waals surface area contributed by atoms with E-state index in [0.717, 1.165) is 0 Å². The molecule has 0 aliphatic carbocycles. The second-order valence-corrected chi connectivity index (χ2v) is 9.52. The molecular formula is C9H26N2Si2. The second kappa shape index (κ2) is 8.93. The summed E-state index contributed by atoms with van der Waals surface area (Å²) >= 11 is 0. The Hall–Kier alpha value is 0.354. The Labute approximate surface area is 87.9 Å². The number of nitrogens with one attached hydrogen (secondary N) is 2. The normalized spacial score (nSPS) is 13.4. The van der Waals surface area contributed by atoms with Crippen molar-refractivity contribution in [2.45, 2.75) is 45.4 Å². The lowest BCUT2D eigenvalue weighted by atomic mass is 10.4. The van der Waals surface area contributed by atoms with Crippen molar-refractivity contribution in [3.63, 3.8) is 0 Å². The largest absolute Gasteiger partial charge is 0.318 e. The van der Waals surface area contributed by atoms with Gasteiger partial charge in [-0.25, -0.2) is 0 Å². The first-order valence-electron chi connectivity index (χ1n) is 5.59. The lowest BCUT2D eigenvalue weighted by Crippen LogP contribution is -2.31. The molecule has 2 N–H and O–H groups in total. The van der Waals surface area contributed by atoms with E-state index in [9.17, 15) is 0 Å². The molecule has 0 unspecified atom stereocenters. The summed E-state index contributed by atoms with van der Waals surface area (Å²) in [5.74, 6) is 0. The van der Waals surface area contributed by atoms with Gasteiger partial charge in [-0.3, -0.25) is 0 Å². The third kappa shape index (κ3) is 12.4. The van der Waals surface area contributed by atoms with E-state index in [4.69, 9.17) is 0 Å². The molecule has 0 saturated heterocycles. The summed E-state index contributed by atoms with van der Waals surface area (Å²) in [6, 6.07) is 1.37.